The van der Waals surface area contributed by atoms with Gasteiger partial charge in [0.05, 0.1) is 5.92 Å². The molecule has 98 valence electrons. The zero-order chi connectivity index (χ0) is 13.7. The van der Waals surface area contributed by atoms with Crippen LogP contribution in [0.5, 0.6) is 0 Å². The van der Waals surface area contributed by atoms with Gasteiger partial charge < -0.3 is 10.2 Å². The number of rotatable bonds is 5. The lowest BCUT2D eigenvalue weighted by Gasteiger charge is -2.23. The van der Waals surface area contributed by atoms with Gasteiger partial charge in [0.1, 0.15) is 5.82 Å². The fourth-order valence-electron chi connectivity index (χ4n) is 1.88. The monoisotopic (exact) mass is 249 g/mol. The number of aromatic nitrogens is 1. The van der Waals surface area contributed by atoms with Crippen molar-refractivity contribution in [2.45, 2.75) is 13.8 Å². The highest BCUT2D eigenvalue weighted by Gasteiger charge is 2.15. The van der Waals surface area contributed by atoms with Crippen molar-refractivity contribution < 1.29 is 9.59 Å². The Morgan fingerprint density at radius 1 is 1.61 bits per heavy atom. The maximum atomic E-state index is 11.5. The molecule has 0 saturated heterocycles. The van der Waals surface area contributed by atoms with Crippen LogP contribution in [0.4, 0.5) is 5.82 Å². The average molecular weight is 249 g/mol. The number of amides is 1. The highest BCUT2D eigenvalue weighted by atomic mass is 16.1. The molecule has 0 saturated carbocycles. The van der Waals surface area contributed by atoms with Crippen molar-refractivity contribution in [1.82, 2.24) is 10.3 Å². The molecule has 0 spiro atoms. The average Bonchev–Trinajstić information content (AvgIpc) is 2.37. The number of hydrogen-bond acceptors (Lipinski definition) is 4. The molecule has 1 rings (SSSR count). The summed E-state index contributed by atoms with van der Waals surface area (Å²) in [6.45, 7) is 4.34. The molecular formula is C13H19N3O2. The molecule has 0 aliphatic carbocycles. The molecule has 0 aliphatic rings. The van der Waals surface area contributed by atoms with Crippen LogP contribution in [0.2, 0.25) is 0 Å². The Balaban J connectivity index is 2.81. The molecule has 0 aromatic carbocycles. The number of anilines is 1. The molecule has 1 atom stereocenters. The normalized spacial score (nSPS) is 11.8. The minimum absolute atomic E-state index is 0.00372. The van der Waals surface area contributed by atoms with E-state index in [-0.39, 0.29) is 11.8 Å². The predicted octanol–water partition coefficient (Wildman–Crippen LogP) is 1.02. The number of nitrogens with zero attached hydrogens (tertiary/aromatic N) is 2. The minimum Gasteiger partial charge on any atom is -0.359 e. The van der Waals surface area contributed by atoms with Crippen LogP contribution < -0.4 is 10.2 Å². The first-order chi connectivity index (χ1) is 8.49. The number of carbonyl (C=O) groups excluding carboxylic acids is 2. The van der Waals surface area contributed by atoms with E-state index in [1.165, 1.54) is 6.20 Å². The second-order valence-electron chi connectivity index (χ2n) is 4.42. The van der Waals surface area contributed by atoms with Gasteiger partial charge in [0.15, 0.2) is 6.29 Å². The first kappa shape index (κ1) is 14.2. The zero-order valence-electron chi connectivity index (χ0n) is 11.2. The van der Waals surface area contributed by atoms with Gasteiger partial charge in [0.2, 0.25) is 5.91 Å². The highest BCUT2D eigenvalue weighted by Crippen LogP contribution is 2.17. The summed E-state index contributed by atoms with van der Waals surface area (Å²) in [7, 11) is 3.51. The Labute approximate surface area is 107 Å². The maximum absolute atomic E-state index is 11.5. The van der Waals surface area contributed by atoms with Crippen molar-refractivity contribution in [2.24, 2.45) is 5.92 Å². The third-order valence-corrected chi connectivity index (χ3v) is 2.81. The van der Waals surface area contributed by atoms with Crippen LogP contribution >= 0.6 is 0 Å². The molecule has 18 heavy (non-hydrogen) atoms. The summed E-state index contributed by atoms with van der Waals surface area (Å²) in [6, 6.07) is 1.79. The summed E-state index contributed by atoms with van der Waals surface area (Å²) in [5, 5.41) is 2.62. The van der Waals surface area contributed by atoms with E-state index in [2.05, 4.69) is 10.3 Å². The van der Waals surface area contributed by atoms with Crippen LogP contribution in [-0.2, 0) is 4.79 Å². The summed E-state index contributed by atoms with van der Waals surface area (Å²) in [5.74, 6) is 0.673. The van der Waals surface area contributed by atoms with Gasteiger partial charge in [-0.05, 0) is 18.6 Å². The molecule has 1 unspecified atom stereocenters. The molecule has 0 radical (unpaired) electrons. The first-order valence-electron chi connectivity index (χ1n) is 5.84. The number of hydrogen-bond donors (Lipinski definition) is 1. The molecule has 0 bridgehead atoms. The largest absolute Gasteiger partial charge is 0.359 e. The van der Waals surface area contributed by atoms with Crippen LogP contribution in [0, 0.1) is 12.8 Å². The van der Waals surface area contributed by atoms with E-state index >= 15 is 0 Å². The van der Waals surface area contributed by atoms with Crippen LogP contribution in [-0.4, -0.2) is 37.8 Å². The van der Waals surface area contributed by atoms with Crippen LogP contribution in [0.15, 0.2) is 12.3 Å². The molecule has 1 amide bonds. The molecule has 5 heteroatoms. The Morgan fingerprint density at radius 3 is 2.78 bits per heavy atom. The Bertz CT molecular complexity index is 446. The lowest BCUT2D eigenvalue weighted by atomic mass is 10.1. The van der Waals surface area contributed by atoms with Gasteiger partial charge in [0, 0.05) is 32.4 Å². The third kappa shape index (κ3) is 3.29. The van der Waals surface area contributed by atoms with Crippen molar-refractivity contribution in [2.75, 3.05) is 25.5 Å². The minimum atomic E-state index is -0.119. The molecule has 5 nitrogen and oxygen atoms in total. The number of aryl methyl sites for hydroxylation is 1. The number of carbonyl (C=O) groups is 2. The molecule has 1 aromatic rings. The zero-order valence-corrected chi connectivity index (χ0v) is 11.2. The third-order valence-electron chi connectivity index (χ3n) is 2.81. The standard InChI is InChI=1S/C13H19N3O2/c1-9-5-11(8-17)6-15-12(9)16(4)7-10(2)13(18)14-3/h5-6,8,10H,7H2,1-4H3,(H,14,18). The Morgan fingerprint density at radius 2 is 2.28 bits per heavy atom. The van der Waals surface area contributed by atoms with Gasteiger partial charge in [-0.25, -0.2) is 4.98 Å². The SMILES string of the molecule is CNC(=O)C(C)CN(C)c1ncc(C=O)cc1C. The lowest BCUT2D eigenvalue weighted by molar-refractivity contribution is -0.123. The van der Waals surface area contributed by atoms with Crippen molar-refractivity contribution >= 4 is 18.0 Å². The fourth-order valence-corrected chi connectivity index (χ4v) is 1.88. The van der Waals surface area contributed by atoms with E-state index in [0.29, 0.717) is 12.1 Å². The van der Waals surface area contributed by atoms with E-state index < -0.39 is 0 Å². The van der Waals surface area contributed by atoms with E-state index in [0.717, 1.165) is 17.7 Å². The Kier molecular flexibility index (Phi) is 4.83. The summed E-state index contributed by atoms with van der Waals surface area (Å²) in [5.41, 5.74) is 1.48. The second-order valence-corrected chi connectivity index (χ2v) is 4.42. The molecule has 1 aromatic heterocycles. The van der Waals surface area contributed by atoms with Gasteiger partial charge in [-0.15, -0.1) is 0 Å². The number of pyridine rings is 1. The highest BCUT2D eigenvalue weighted by molar-refractivity contribution is 5.78. The Hall–Kier alpha value is -1.91. The van der Waals surface area contributed by atoms with Gasteiger partial charge in [-0.3, -0.25) is 9.59 Å². The van der Waals surface area contributed by atoms with Gasteiger partial charge in [-0.2, -0.15) is 0 Å². The quantitative estimate of drug-likeness (QED) is 0.791. The van der Waals surface area contributed by atoms with E-state index in [4.69, 9.17) is 0 Å². The van der Waals surface area contributed by atoms with E-state index in [1.54, 1.807) is 13.1 Å². The smallest absolute Gasteiger partial charge is 0.224 e. The van der Waals surface area contributed by atoms with Crippen LogP contribution in [0.3, 0.4) is 0 Å². The van der Waals surface area contributed by atoms with Crippen LogP contribution in [0.25, 0.3) is 0 Å². The van der Waals surface area contributed by atoms with E-state index in [9.17, 15) is 9.59 Å². The van der Waals surface area contributed by atoms with Gasteiger partial charge in [0.25, 0.3) is 0 Å². The van der Waals surface area contributed by atoms with Crippen LogP contribution in [0.1, 0.15) is 22.8 Å². The fraction of sp³-hybridized carbons (Fsp3) is 0.462. The summed E-state index contributed by atoms with van der Waals surface area (Å²) >= 11 is 0. The maximum Gasteiger partial charge on any atom is 0.224 e. The summed E-state index contributed by atoms with van der Waals surface area (Å²) < 4.78 is 0. The predicted molar refractivity (Wildman–Crippen MR) is 70.9 cm³/mol. The van der Waals surface area contributed by atoms with Crippen molar-refractivity contribution in [3.63, 3.8) is 0 Å². The number of aldehydes is 1. The molecule has 1 N–H and O–H groups in total. The topological polar surface area (TPSA) is 62.3 Å². The van der Waals surface area contributed by atoms with Crippen molar-refractivity contribution in [1.29, 1.82) is 0 Å². The van der Waals surface area contributed by atoms with Crippen molar-refractivity contribution in [3.05, 3.63) is 23.4 Å². The molecule has 1 heterocycles. The summed E-state index contributed by atoms with van der Waals surface area (Å²) in [4.78, 5) is 28.3. The molecular weight excluding hydrogens is 230 g/mol. The van der Waals surface area contributed by atoms with E-state index in [1.807, 2.05) is 25.8 Å². The summed E-state index contributed by atoms with van der Waals surface area (Å²) in [6.07, 6.45) is 2.31. The number of nitrogens with one attached hydrogen (secondary N) is 1. The van der Waals surface area contributed by atoms with Gasteiger partial charge in [-0.1, -0.05) is 6.92 Å². The molecule has 0 fully saturated rings. The van der Waals surface area contributed by atoms with Crippen molar-refractivity contribution in [3.8, 4) is 0 Å². The van der Waals surface area contributed by atoms with Gasteiger partial charge >= 0.3 is 0 Å². The molecule has 0 aliphatic heterocycles. The first-order valence-corrected chi connectivity index (χ1v) is 5.84. The second kappa shape index (κ2) is 6.14. The lowest BCUT2D eigenvalue weighted by Crippen LogP contribution is -2.35.